The van der Waals surface area contributed by atoms with Crippen LogP contribution in [0.4, 0.5) is 0 Å². The van der Waals surface area contributed by atoms with Gasteiger partial charge in [-0.3, -0.25) is 0 Å². The van der Waals surface area contributed by atoms with Crippen LogP contribution in [-0.2, 0) is 4.84 Å². The van der Waals surface area contributed by atoms with E-state index in [0.29, 0.717) is 11.6 Å². The molecule has 102 valence electrons. The van der Waals surface area contributed by atoms with Gasteiger partial charge in [0.25, 0.3) is 0 Å². The number of aryl methyl sites for hydroxylation is 1. The Balaban J connectivity index is 1.88. The zero-order valence-electron chi connectivity index (χ0n) is 11.1. The molecule has 0 N–H and O–H groups in total. The molecule has 0 amide bonds. The Morgan fingerprint density at radius 1 is 1.15 bits per heavy atom. The summed E-state index contributed by atoms with van der Waals surface area (Å²) in [6.45, 7) is 2.67. The number of halogens is 1. The summed E-state index contributed by atoms with van der Waals surface area (Å²) in [7, 11) is 0. The molecular formula is C16H14ClNO2. The van der Waals surface area contributed by atoms with Crippen molar-refractivity contribution in [3.8, 4) is 11.5 Å². The first kappa shape index (κ1) is 13.0. The summed E-state index contributed by atoms with van der Waals surface area (Å²) in [6, 6.07) is 13.4. The van der Waals surface area contributed by atoms with Crippen LogP contribution in [0.2, 0.25) is 5.02 Å². The third-order valence-electron chi connectivity index (χ3n) is 3.17. The lowest BCUT2D eigenvalue weighted by Gasteiger charge is -2.10. The molecule has 2 aromatic carbocycles. The second-order valence-electron chi connectivity index (χ2n) is 4.66. The standard InChI is InChI=1S/C16H14ClNO2/c1-11-2-3-12(15-8-9-19-18-15)10-16(11)20-14-6-4-13(17)5-7-14/h2-7,10H,8-9H2,1H3. The van der Waals surface area contributed by atoms with Gasteiger partial charge >= 0.3 is 0 Å². The van der Waals surface area contributed by atoms with E-state index in [-0.39, 0.29) is 0 Å². The summed E-state index contributed by atoms with van der Waals surface area (Å²) >= 11 is 5.87. The average molecular weight is 288 g/mol. The van der Waals surface area contributed by atoms with Gasteiger partial charge < -0.3 is 9.57 Å². The van der Waals surface area contributed by atoms with Gasteiger partial charge in [0.2, 0.25) is 0 Å². The highest BCUT2D eigenvalue weighted by atomic mass is 35.5. The minimum atomic E-state index is 0.649. The number of rotatable bonds is 3. The molecule has 0 bridgehead atoms. The molecule has 0 spiro atoms. The van der Waals surface area contributed by atoms with E-state index in [9.17, 15) is 0 Å². The summed E-state index contributed by atoms with van der Waals surface area (Å²) in [6.07, 6.45) is 0.837. The molecule has 3 nitrogen and oxygen atoms in total. The highest BCUT2D eigenvalue weighted by Crippen LogP contribution is 2.28. The van der Waals surface area contributed by atoms with Crippen LogP contribution in [0.25, 0.3) is 0 Å². The Hall–Kier alpha value is -2.00. The molecule has 2 aromatic rings. The summed E-state index contributed by atoms with van der Waals surface area (Å²) in [5, 5.41) is 4.73. The van der Waals surface area contributed by atoms with Crippen molar-refractivity contribution in [3.63, 3.8) is 0 Å². The van der Waals surface area contributed by atoms with Gasteiger partial charge in [-0.25, -0.2) is 0 Å². The molecule has 0 fully saturated rings. The van der Waals surface area contributed by atoms with Crippen LogP contribution in [0.5, 0.6) is 11.5 Å². The normalized spacial score (nSPS) is 13.8. The molecule has 0 aromatic heterocycles. The number of hydrogen-bond donors (Lipinski definition) is 0. The first-order valence-corrected chi connectivity index (χ1v) is 6.83. The van der Waals surface area contributed by atoms with E-state index in [4.69, 9.17) is 21.2 Å². The largest absolute Gasteiger partial charge is 0.457 e. The molecule has 1 aliphatic heterocycles. The predicted octanol–water partition coefficient (Wildman–Crippen LogP) is 4.57. The Kier molecular flexibility index (Phi) is 3.61. The monoisotopic (exact) mass is 287 g/mol. The quantitative estimate of drug-likeness (QED) is 0.828. The molecule has 0 aliphatic carbocycles. The van der Waals surface area contributed by atoms with E-state index in [0.717, 1.165) is 34.8 Å². The third-order valence-corrected chi connectivity index (χ3v) is 3.42. The van der Waals surface area contributed by atoms with Gasteiger partial charge in [-0.15, -0.1) is 0 Å². The van der Waals surface area contributed by atoms with Gasteiger partial charge in [0.1, 0.15) is 18.1 Å². The zero-order valence-corrected chi connectivity index (χ0v) is 11.9. The number of benzene rings is 2. The fourth-order valence-corrected chi connectivity index (χ4v) is 2.15. The number of oxime groups is 1. The predicted molar refractivity (Wildman–Crippen MR) is 79.8 cm³/mol. The summed E-state index contributed by atoms with van der Waals surface area (Å²) < 4.78 is 5.91. The van der Waals surface area contributed by atoms with Gasteiger partial charge in [0, 0.05) is 17.0 Å². The summed E-state index contributed by atoms with van der Waals surface area (Å²) in [5.41, 5.74) is 3.08. The minimum Gasteiger partial charge on any atom is -0.457 e. The molecule has 0 unspecified atom stereocenters. The van der Waals surface area contributed by atoms with Gasteiger partial charge in [-0.05, 0) is 42.8 Å². The maximum atomic E-state index is 5.91. The number of ether oxygens (including phenoxy) is 1. The second-order valence-corrected chi connectivity index (χ2v) is 5.09. The summed E-state index contributed by atoms with van der Waals surface area (Å²) in [5.74, 6) is 1.58. The van der Waals surface area contributed by atoms with Crippen molar-refractivity contribution in [2.24, 2.45) is 5.16 Å². The van der Waals surface area contributed by atoms with Crippen molar-refractivity contribution in [3.05, 3.63) is 58.6 Å². The van der Waals surface area contributed by atoms with E-state index in [2.05, 4.69) is 5.16 Å². The van der Waals surface area contributed by atoms with Crippen molar-refractivity contribution in [1.82, 2.24) is 0 Å². The van der Waals surface area contributed by atoms with Crippen molar-refractivity contribution < 1.29 is 9.57 Å². The number of nitrogens with zero attached hydrogens (tertiary/aromatic N) is 1. The van der Waals surface area contributed by atoms with E-state index in [1.165, 1.54) is 0 Å². The molecule has 0 saturated heterocycles. The van der Waals surface area contributed by atoms with E-state index in [1.807, 2.05) is 49.4 Å². The highest BCUT2D eigenvalue weighted by molar-refractivity contribution is 6.30. The Morgan fingerprint density at radius 2 is 1.95 bits per heavy atom. The Labute approximate surface area is 122 Å². The van der Waals surface area contributed by atoms with Gasteiger partial charge in [-0.1, -0.05) is 28.9 Å². The first-order valence-electron chi connectivity index (χ1n) is 6.46. The van der Waals surface area contributed by atoms with Crippen molar-refractivity contribution in [1.29, 1.82) is 0 Å². The van der Waals surface area contributed by atoms with Crippen LogP contribution in [0, 0.1) is 6.92 Å². The third kappa shape index (κ3) is 2.78. The van der Waals surface area contributed by atoms with Crippen LogP contribution >= 0.6 is 11.6 Å². The molecule has 1 aliphatic rings. The lowest BCUT2D eigenvalue weighted by molar-refractivity contribution is 0.174. The smallest absolute Gasteiger partial charge is 0.130 e. The lowest BCUT2D eigenvalue weighted by Crippen LogP contribution is -1.98. The molecule has 20 heavy (non-hydrogen) atoms. The Morgan fingerprint density at radius 3 is 2.65 bits per heavy atom. The van der Waals surface area contributed by atoms with Crippen LogP contribution < -0.4 is 4.74 Å². The average Bonchev–Trinajstić information content (AvgIpc) is 2.98. The molecule has 0 radical (unpaired) electrons. The van der Waals surface area contributed by atoms with Crippen LogP contribution in [0.1, 0.15) is 17.5 Å². The number of hydrogen-bond acceptors (Lipinski definition) is 3. The molecule has 4 heteroatoms. The van der Waals surface area contributed by atoms with Gasteiger partial charge in [0.15, 0.2) is 0 Å². The first-order chi connectivity index (χ1) is 9.72. The fourth-order valence-electron chi connectivity index (χ4n) is 2.03. The van der Waals surface area contributed by atoms with E-state index >= 15 is 0 Å². The van der Waals surface area contributed by atoms with Gasteiger partial charge in [0.05, 0.1) is 5.71 Å². The minimum absolute atomic E-state index is 0.649. The van der Waals surface area contributed by atoms with Crippen LogP contribution in [0.3, 0.4) is 0 Å². The van der Waals surface area contributed by atoms with Crippen LogP contribution in [-0.4, -0.2) is 12.3 Å². The van der Waals surface area contributed by atoms with Crippen molar-refractivity contribution in [2.45, 2.75) is 13.3 Å². The SMILES string of the molecule is Cc1ccc(C2=NOCC2)cc1Oc1ccc(Cl)cc1. The van der Waals surface area contributed by atoms with Gasteiger partial charge in [-0.2, -0.15) is 0 Å². The maximum absolute atomic E-state index is 5.91. The van der Waals surface area contributed by atoms with E-state index in [1.54, 1.807) is 0 Å². The highest BCUT2D eigenvalue weighted by Gasteiger charge is 2.12. The fraction of sp³-hybridized carbons (Fsp3) is 0.188. The topological polar surface area (TPSA) is 30.8 Å². The van der Waals surface area contributed by atoms with Crippen molar-refractivity contribution in [2.75, 3.05) is 6.61 Å². The van der Waals surface area contributed by atoms with Crippen LogP contribution in [0.15, 0.2) is 47.6 Å². The van der Waals surface area contributed by atoms with E-state index < -0.39 is 0 Å². The summed E-state index contributed by atoms with van der Waals surface area (Å²) in [4.78, 5) is 5.05. The molecular weight excluding hydrogens is 274 g/mol. The molecule has 1 heterocycles. The second kappa shape index (κ2) is 5.55. The molecule has 0 atom stereocenters. The lowest BCUT2D eigenvalue weighted by atomic mass is 10.1. The molecule has 3 rings (SSSR count). The Bertz CT molecular complexity index is 650. The van der Waals surface area contributed by atoms with Crippen molar-refractivity contribution >= 4 is 17.3 Å². The zero-order chi connectivity index (χ0) is 13.9. The maximum Gasteiger partial charge on any atom is 0.130 e. The molecule has 0 saturated carbocycles.